The number of aromatic nitrogens is 3. The molecule has 8 heteroatoms. The Hall–Kier alpha value is -3.68. The number of pyridine rings is 1. The van der Waals surface area contributed by atoms with Crippen molar-refractivity contribution in [1.29, 1.82) is 0 Å². The fraction of sp³-hybridized carbons (Fsp3) is 0.304. The lowest BCUT2D eigenvalue weighted by molar-refractivity contribution is -0.121. The molecule has 0 radical (unpaired) electrons. The van der Waals surface area contributed by atoms with Crippen LogP contribution in [0.2, 0.25) is 0 Å². The Labute approximate surface area is 179 Å². The predicted octanol–water partition coefficient (Wildman–Crippen LogP) is 1.96. The van der Waals surface area contributed by atoms with Gasteiger partial charge in [0, 0.05) is 37.5 Å². The number of amides is 2. The topological polar surface area (TPSA) is 89.4 Å². The molecule has 5 rings (SSSR count). The van der Waals surface area contributed by atoms with E-state index in [0.717, 1.165) is 22.7 Å². The van der Waals surface area contributed by atoms with Crippen LogP contribution < -0.4 is 10.1 Å². The van der Waals surface area contributed by atoms with E-state index in [2.05, 4.69) is 15.3 Å². The SMILES string of the molecule is O=C1Cn2cnc3c2C(c2cccc(c2)OCCCN1)N(C(=O)c1ccncc1)CC3. The zero-order valence-electron chi connectivity index (χ0n) is 17.0. The molecule has 2 bridgehead atoms. The molecule has 1 unspecified atom stereocenters. The molecular formula is C23H23N5O3. The lowest BCUT2D eigenvalue weighted by atomic mass is 9.94. The molecule has 3 aromatic rings. The standard InChI is InChI=1S/C23H23N5O3/c29-20-14-27-15-26-19-7-11-28(23(30)16-5-9-24-10-6-16)21(22(19)27)17-3-1-4-18(13-17)31-12-2-8-25-20/h1,3-6,9-10,13,15,21H,2,7-8,11-12,14H2,(H,25,29). The summed E-state index contributed by atoms with van der Waals surface area (Å²) < 4.78 is 7.77. The van der Waals surface area contributed by atoms with E-state index >= 15 is 0 Å². The zero-order chi connectivity index (χ0) is 21.2. The Kier molecular flexibility index (Phi) is 5.11. The molecule has 0 saturated carbocycles. The fourth-order valence-electron chi connectivity index (χ4n) is 4.26. The fourth-order valence-corrected chi connectivity index (χ4v) is 4.26. The Morgan fingerprint density at radius 1 is 1.19 bits per heavy atom. The van der Waals surface area contributed by atoms with Gasteiger partial charge in [-0.05, 0) is 36.2 Å². The summed E-state index contributed by atoms with van der Waals surface area (Å²) in [7, 11) is 0. The number of carbonyl (C=O) groups excluding carboxylic acids is 2. The van der Waals surface area contributed by atoms with Gasteiger partial charge in [-0.1, -0.05) is 12.1 Å². The molecule has 2 aliphatic heterocycles. The van der Waals surface area contributed by atoms with Gasteiger partial charge >= 0.3 is 0 Å². The molecule has 2 amide bonds. The van der Waals surface area contributed by atoms with E-state index in [4.69, 9.17) is 4.74 Å². The maximum Gasteiger partial charge on any atom is 0.254 e. The second-order valence-electron chi connectivity index (χ2n) is 7.72. The third-order valence-electron chi connectivity index (χ3n) is 5.71. The highest BCUT2D eigenvalue weighted by Crippen LogP contribution is 2.37. The minimum atomic E-state index is -0.371. The van der Waals surface area contributed by atoms with Gasteiger partial charge in [-0.3, -0.25) is 14.6 Å². The van der Waals surface area contributed by atoms with Gasteiger partial charge in [0.05, 0.1) is 30.4 Å². The normalized spacial score (nSPS) is 18.5. The zero-order valence-corrected chi connectivity index (χ0v) is 17.0. The summed E-state index contributed by atoms with van der Waals surface area (Å²) in [5, 5.41) is 2.93. The predicted molar refractivity (Wildman–Crippen MR) is 113 cm³/mol. The van der Waals surface area contributed by atoms with Crippen molar-refractivity contribution in [2.24, 2.45) is 0 Å². The molecular weight excluding hydrogens is 394 g/mol. The number of fused-ring (bicyclic) bond motifs is 3. The van der Waals surface area contributed by atoms with Crippen molar-refractivity contribution in [2.75, 3.05) is 19.7 Å². The number of benzene rings is 1. The van der Waals surface area contributed by atoms with Gasteiger partial charge in [0.25, 0.3) is 5.91 Å². The van der Waals surface area contributed by atoms with Crippen LogP contribution in [0.1, 0.15) is 39.8 Å². The second-order valence-corrected chi connectivity index (χ2v) is 7.72. The van der Waals surface area contributed by atoms with Gasteiger partial charge in [-0.25, -0.2) is 4.98 Å². The molecule has 0 fully saturated rings. The van der Waals surface area contributed by atoms with E-state index in [1.165, 1.54) is 0 Å². The van der Waals surface area contributed by atoms with Crippen molar-refractivity contribution in [1.82, 2.24) is 24.8 Å². The van der Waals surface area contributed by atoms with Gasteiger partial charge in [-0.15, -0.1) is 0 Å². The third kappa shape index (κ3) is 3.76. The summed E-state index contributed by atoms with van der Waals surface area (Å²) in [6.45, 7) is 1.75. The van der Waals surface area contributed by atoms with Crippen molar-refractivity contribution in [3.05, 3.63) is 77.6 Å². The first kappa shape index (κ1) is 19.3. The van der Waals surface area contributed by atoms with E-state index in [-0.39, 0.29) is 24.4 Å². The van der Waals surface area contributed by atoms with E-state index in [9.17, 15) is 9.59 Å². The van der Waals surface area contributed by atoms with Crippen LogP contribution in [0.4, 0.5) is 0 Å². The average molecular weight is 417 g/mol. The van der Waals surface area contributed by atoms with Crippen LogP contribution in [-0.2, 0) is 17.8 Å². The monoisotopic (exact) mass is 417 g/mol. The van der Waals surface area contributed by atoms with Gasteiger partial charge in [-0.2, -0.15) is 0 Å². The highest BCUT2D eigenvalue weighted by atomic mass is 16.5. The molecule has 4 heterocycles. The van der Waals surface area contributed by atoms with E-state index in [1.807, 2.05) is 33.7 Å². The first-order valence-electron chi connectivity index (χ1n) is 10.4. The molecule has 1 atom stereocenters. The largest absolute Gasteiger partial charge is 0.494 e. The molecule has 158 valence electrons. The summed E-state index contributed by atoms with van der Waals surface area (Å²) in [6, 6.07) is 10.9. The number of nitrogens with one attached hydrogen (secondary N) is 1. The summed E-state index contributed by atoms with van der Waals surface area (Å²) in [6.07, 6.45) is 6.30. The van der Waals surface area contributed by atoms with Crippen molar-refractivity contribution in [2.45, 2.75) is 25.4 Å². The maximum atomic E-state index is 13.5. The quantitative estimate of drug-likeness (QED) is 0.654. The molecule has 1 aromatic carbocycles. The van der Waals surface area contributed by atoms with E-state index in [0.29, 0.717) is 38.1 Å². The number of rotatable bonds is 1. The highest BCUT2D eigenvalue weighted by Gasteiger charge is 2.36. The number of nitrogens with zero attached hydrogens (tertiary/aromatic N) is 4. The number of imidazole rings is 1. The minimum Gasteiger partial charge on any atom is -0.494 e. The number of ether oxygens (including phenoxy) is 1. The summed E-state index contributed by atoms with van der Waals surface area (Å²) in [5.74, 6) is 0.589. The van der Waals surface area contributed by atoms with E-state index in [1.54, 1.807) is 30.9 Å². The van der Waals surface area contributed by atoms with E-state index < -0.39 is 0 Å². The van der Waals surface area contributed by atoms with Crippen LogP contribution in [0.15, 0.2) is 55.1 Å². The molecule has 2 aliphatic rings. The van der Waals surface area contributed by atoms with Crippen molar-refractivity contribution < 1.29 is 14.3 Å². The average Bonchev–Trinajstić information content (AvgIpc) is 3.21. The molecule has 0 spiro atoms. The Balaban J connectivity index is 1.64. The molecule has 1 N–H and O–H groups in total. The molecule has 0 saturated heterocycles. The lowest BCUT2D eigenvalue weighted by Crippen LogP contribution is -2.42. The minimum absolute atomic E-state index is 0.0779. The first-order valence-corrected chi connectivity index (χ1v) is 10.4. The van der Waals surface area contributed by atoms with Crippen LogP contribution in [0, 0.1) is 0 Å². The van der Waals surface area contributed by atoms with Gasteiger partial charge in [0.2, 0.25) is 5.91 Å². The summed E-state index contributed by atoms with van der Waals surface area (Å²) >= 11 is 0. The van der Waals surface area contributed by atoms with Gasteiger partial charge in [0.15, 0.2) is 0 Å². The summed E-state index contributed by atoms with van der Waals surface area (Å²) in [4.78, 5) is 36.4. The van der Waals surface area contributed by atoms with Crippen LogP contribution in [0.25, 0.3) is 0 Å². The third-order valence-corrected chi connectivity index (χ3v) is 5.71. The Bertz CT molecular complexity index is 1110. The Morgan fingerprint density at radius 2 is 2.06 bits per heavy atom. The maximum absolute atomic E-state index is 13.5. The first-order chi connectivity index (χ1) is 15.2. The Morgan fingerprint density at radius 3 is 2.94 bits per heavy atom. The molecule has 0 aliphatic carbocycles. The van der Waals surface area contributed by atoms with Crippen LogP contribution >= 0.6 is 0 Å². The van der Waals surface area contributed by atoms with Crippen molar-refractivity contribution >= 4 is 11.8 Å². The summed E-state index contributed by atoms with van der Waals surface area (Å²) in [5.41, 5.74) is 3.30. The lowest BCUT2D eigenvalue weighted by Gasteiger charge is -2.37. The van der Waals surface area contributed by atoms with Crippen LogP contribution in [-0.4, -0.2) is 50.9 Å². The number of hydrogen-bond donors (Lipinski definition) is 1. The van der Waals surface area contributed by atoms with Crippen molar-refractivity contribution in [3.63, 3.8) is 0 Å². The van der Waals surface area contributed by atoms with Gasteiger partial charge < -0.3 is 19.5 Å². The number of carbonyl (C=O) groups is 2. The van der Waals surface area contributed by atoms with Crippen LogP contribution in [0.5, 0.6) is 5.75 Å². The smallest absolute Gasteiger partial charge is 0.254 e. The van der Waals surface area contributed by atoms with Gasteiger partial charge in [0.1, 0.15) is 12.3 Å². The van der Waals surface area contributed by atoms with Crippen molar-refractivity contribution in [3.8, 4) is 5.75 Å². The second kappa shape index (κ2) is 8.22. The van der Waals surface area contributed by atoms with Crippen LogP contribution in [0.3, 0.4) is 0 Å². The molecule has 8 nitrogen and oxygen atoms in total. The molecule has 2 aromatic heterocycles. The highest BCUT2D eigenvalue weighted by molar-refractivity contribution is 5.94. The molecule has 31 heavy (non-hydrogen) atoms. The number of hydrogen-bond acceptors (Lipinski definition) is 5.